The Hall–Kier alpha value is -3.46. The summed E-state index contributed by atoms with van der Waals surface area (Å²) in [4.78, 5) is 22.3. The van der Waals surface area contributed by atoms with Gasteiger partial charge >= 0.3 is 0 Å². The molecule has 0 radical (unpaired) electrons. The highest BCUT2D eigenvalue weighted by atomic mass is 16.6. The first kappa shape index (κ1) is 15.9. The number of carbonyl (C=O) groups is 1. The van der Waals surface area contributed by atoms with Crippen molar-refractivity contribution in [2.75, 3.05) is 5.32 Å². The summed E-state index contributed by atoms with van der Waals surface area (Å²) in [5.74, 6) is -0.617. The van der Waals surface area contributed by atoms with Crippen LogP contribution in [0, 0.1) is 28.4 Å². The summed E-state index contributed by atoms with van der Waals surface area (Å²) in [5, 5.41) is 22.4. The molecule has 0 fully saturated rings. The third kappa shape index (κ3) is 4.25. The highest BCUT2D eigenvalue weighted by Crippen LogP contribution is 2.18. The molecule has 1 N–H and O–H groups in total. The van der Waals surface area contributed by atoms with Gasteiger partial charge in [0.05, 0.1) is 4.92 Å². The summed E-state index contributed by atoms with van der Waals surface area (Å²) < 4.78 is 0. The average molecular weight is 307 g/mol. The fourth-order valence-corrected chi connectivity index (χ4v) is 1.87. The van der Waals surface area contributed by atoms with Crippen molar-refractivity contribution in [3.05, 3.63) is 75.3 Å². The number of hydrogen-bond donors (Lipinski definition) is 1. The van der Waals surface area contributed by atoms with Crippen LogP contribution >= 0.6 is 0 Å². The second kappa shape index (κ2) is 7.00. The van der Waals surface area contributed by atoms with E-state index >= 15 is 0 Å². The van der Waals surface area contributed by atoms with Crippen LogP contribution in [0.4, 0.5) is 11.4 Å². The second-order valence-corrected chi connectivity index (χ2v) is 4.84. The number of hydrogen-bond acceptors (Lipinski definition) is 4. The lowest BCUT2D eigenvalue weighted by Gasteiger charge is -2.04. The Morgan fingerprint density at radius 2 is 1.96 bits per heavy atom. The van der Waals surface area contributed by atoms with Crippen LogP contribution in [0.2, 0.25) is 0 Å². The number of nitriles is 1. The Bertz CT molecular complexity index is 818. The molecule has 2 aromatic rings. The molecule has 23 heavy (non-hydrogen) atoms. The molecule has 114 valence electrons. The van der Waals surface area contributed by atoms with E-state index in [4.69, 9.17) is 5.26 Å². The Balaban J connectivity index is 2.21. The number of non-ortho nitro benzene ring substituents is 1. The molecular formula is C17H13N3O3. The van der Waals surface area contributed by atoms with E-state index < -0.39 is 10.8 Å². The van der Waals surface area contributed by atoms with Crippen molar-refractivity contribution in [3.63, 3.8) is 0 Å². The molecule has 0 spiro atoms. The van der Waals surface area contributed by atoms with Gasteiger partial charge in [0.25, 0.3) is 11.6 Å². The van der Waals surface area contributed by atoms with Gasteiger partial charge in [-0.1, -0.05) is 35.9 Å². The van der Waals surface area contributed by atoms with Crippen molar-refractivity contribution >= 4 is 23.4 Å². The van der Waals surface area contributed by atoms with E-state index in [-0.39, 0.29) is 16.9 Å². The van der Waals surface area contributed by atoms with E-state index in [0.717, 1.165) is 11.1 Å². The number of anilines is 1. The van der Waals surface area contributed by atoms with Crippen LogP contribution in [-0.2, 0) is 4.79 Å². The van der Waals surface area contributed by atoms with Gasteiger partial charge in [-0.05, 0) is 24.6 Å². The highest BCUT2D eigenvalue weighted by molar-refractivity contribution is 6.09. The van der Waals surface area contributed by atoms with Gasteiger partial charge in [-0.25, -0.2) is 0 Å². The first-order valence-electron chi connectivity index (χ1n) is 6.74. The van der Waals surface area contributed by atoms with Gasteiger partial charge in [0, 0.05) is 17.8 Å². The van der Waals surface area contributed by atoms with E-state index in [1.54, 1.807) is 12.1 Å². The highest BCUT2D eigenvalue weighted by Gasteiger charge is 2.12. The Morgan fingerprint density at radius 3 is 2.57 bits per heavy atom. The summed E-state index contributed by atoms with van der Waals surface area (Å²) >= 11 is 0. The van der Waals surface area contributed by atoms with Crippen molar-refractivity contribution in [1.29, 1.82) is 5.26 Å². The van der Waals surface area contributed by atoms with Gasteiger partial charge in [0.15, 0.2) is 0 Å². The van der Waals surface area contributed by atoms with E-state index in [1.807, 2.05) is 25.1 Å². The van der Waals surface area contributed by atoms with Crippen LogP contribution < -0.4 is 5.32 Å². The third-order valence-corrected chi connectivity index (χ3v) is 3.07. The summed E-state index contributed by atoms with van der Waals surface area (Å²) in [6.07, 6.45) is 1.46. The van der Waals surface area contributed by atoms with Crippen molar-refractivity contribution in [2.45, 2.75) is 6.92 Å². The minimum absolute atomic E-state index is 0.0830. The zero-order valence-corrected chi connectivity index (χ0v) is 12.3. The largest absolute Gasteiger partial charge is 0.321 e. The third-order valence-electron chi connectivity index (χ3n) is 3.07. The smallest absolute Gasteiger partial charge is 0.271 e. The van der Waals surface area contributed by atoms with Crippen molar-refractivity contribution in [1.82, 2.24) is 0 Å². The molecular weight excluding hydrogens is 294 g/mol. The van der Waals surface area contributed by atoms with Gasteiger partial charge in [-0.15, -0.1) is 0 Å². The molecule has 1 amide bonds. The van der Waals surface area contributed by atoms with Crippen LogP contribution in [-0.4, -0.2) is 10.8 Å². The number of nitrogens with one attached hydrogen (secondary N) is 1. The standard InChI is InChI=1S/C17H13N3O3/c1-12-5-7-13(8-6-12)9-14(11-18)17(21)19-15-3-2-4-16(10-15)20(22)23/h2-10H,1H3,(H,19,21). The number of nitro benzene ring substituents is 1. The molecule has 6 nitrogen and oxygen atoms in total. The molecule has 0 unspecified atom stereocenters. The molecule has 0 atom stereocenters. The maximum atomic E-state index is 12.1. The topological polar surface area (TPSA) is 96.0 Å². The van der Waals surface area contributed by atoms with Gasteiger partial charge in [-0.3, -0.25) is 14.9 Å². The Morgan fingerprint density at radius 1 is 1.26 bits per heavy atom. The van der Waals surface area contributed by atoms with E-state index in [2.05, 4.69) is 5.32 Å². The first-order valence-corrected chi connectivity index (χ1v) is 6.74. The lowest BCUT2D eigenvalue weighted by Crippen LogP contribution is -2.13. The summed E-state index contributed by atoms with van der Waals surface area (Å²) in [6.45, 7) is 1.94. The predicted molar refractivity (Wildman–Crippen MR) is 86.5 cm³/mol. The van der Waals surface area contributed by atoms with E-state index in [9.17, 15) is 14.9 Å². The number of rotatable bonds is 4. The van der Waals surface area contributed by atoms with E-state index in [1.165, 1.54) is 30.3 Å². The van der Waals surface area contributed by atoms with Crippen LogP contribution in [0.25, 0.3) is 6.08 Å². The molecule has 0 aromatic heterocycles. The SMILES string of the molecule is Cc1ccc(C=C(C#N)C(=O)Nc2cccc([N+](=O)[O-])c2)cc1. The van der Waals surface area contributed by atoms with E-state index in [0.29, 0.717) is 0 Å². The number of nitro groups is 1. The maximum Gasteiger partial charge on any atom is 0.271 e. The lowest BCUT2D eigenvalue weighted by atomic mass is 10.1. The molecule has 0 aliphatic heterocycles. The van der Waals surface area contributed by atoms with Crippen molar-refractivity contribution < 1.29 is 9.72 Å². The molecule has 0 saturated heterocycles. The lowest BCUT2D eigenvalue weighted by molar-refractivity contribution is -0.384. The van der Waals surface area contributed by atoms with Crippen LogP contribution in [0.1, 0.15) is 11.1 Å². The number of benzene rings is 2. The number of carbonyl (C=O) groups excluding carboxylic acids is 1. The molecule has 0 aliphatic rings. The molecule has 0 aliphatic carbocycles. The van der Waals surface area contributed by atoms with Crippen molar-refractivity contribution in [3.8, 4) is 6.07 Å². The molecule has 0 heterocycles. The van der Waals surface area contributed by atoms with Crippen molar-refractivity contribution in [2.24, 2.45) is 0 Å². The Labute approximate surface area is 132 Å². The zero-order chi connectivity index (χ0) is 16.8. The van der Waals surface area contributed by atoms with Crippen LogP contribution in [0.3, 0.4) is 0 Å². The van der Waals surface area contributed by atoms with Gasteiger partial charge in [0.1, 0.15) is 11.6 Å². The Kier molecular flexibility index (Phi) is 4.85. The van der Waals surface area contributed by atoms with Gasteiger partial charge in [-0.2, -0.15) is 5.26 Å². The maximum absolute atomic E-state index is 12.1. The normalized spacial score (nSPS) is 10.7. The molecule has 6 heteroatoms. The summed E-state index contributed by atoms with van der Waals surface area (Å²) in [7, 11) is 0. The minimum Gasteiger partial charge on any atom is -0.321 e. The first-order chi connectivity index (χ1) is 11.0. The number of amides is 1. The summed E-state index contributed by atoms with van der Waals surface area (Å²) in [5.41, 5.74) is 1.83. The zero-order valence-electron chi connectivity index (χ0n) is 12.3. The van der Waals surface area contributed by atoms with Crippen LogP contribution in [0.5, 0.6) is 0 Å². The van der Waals surface area contributed by atoms with Crippen LogP contribution in [0.15, 0.2) is 54.1 Å². The summed E-state index contributed by atoms with van der Waals surface area (Å²) in [6, 6.07) is 14.7. The van der Waals surface area contributed by atoms with Gasteiger partial charge in [0.2, 0.25) is 0 Å². The molecule has 0 bridgehead atoms. The molecule has 2 aromatic carbocycles. The molecule has 0 saturated carbocycles. The fraction of sp³-hybridized carbons (Fsp3) is 0.0588. The predicted octanol–water partition coefficient (Wildman–Crippen LogP) is 3.45. The van der Waals surface area contributed by atoms with Gasteiger partial charge < -0.3 is 5.32 Å². The minimum atomic E-state index is -0.617. The second-order valence-electron chi connectivity index (χ2n) is 4.84. The number of nitrogens with zero attached hydrogens (tertiary/aromatic N) is 2. The monoisotopic (exact) mass is 307 g/mol. The quantitative estimate of drug-likeness (QED) is 0.405. The number of aryl methyl sites for hydroxylation is 1. The fourth-order valence-electron chi connectivity index (χ4n) is 1.87. The average Bonchev–Trinajstić information content (AvgIpc) is 2.54. The molecule has 2 rings (SSSR count).